The molecule has 1 atom stereocenters. The largest absolute Gasteiger partial charge is 0.338 e. The number of nitrogens with one attached hydrogen (secondary N) is 1. The zero-order chi connectivity index (χ0) is 20.1. The second-order valence-corrected chi connectivity index (χ2v) is 9.06. The Morgan fingerprint density at radius 2 is 2.11 bits per heavy atom. The van der Waals surface area contributed by atoms with Gasteiger partial charge < -0.3 is 9.80 Å². The van der Waals surface area contributed by atoms with Gasteiger partial charge in [0.1, 0.15) is 0 Å². The summed E-state index contributed by atoms with van der Waals surface area (Å²) in [4.78, 5) is 29.2. The number of benzene rings is 1. The highest BCUT2D eigenvalue weighted by atomic mass is 35.5. The quantitative estimate of drug-likeness (QED) is 0.841. The van der Waals surface area contributed by atoms with Crippen LogP contribution in [0.25, 0.3) is 11.3 Å². The lowest BCUT2D eigenvalue weighted by atomic mass is 9.99. The van der Waals surface area contributed by atoms with Crippen molar-refractivity contribution in [3.05, 3.63) is 40.5 Å². The molecular weight excluding hydrogens is 376 g/mol. The van der Waals surface area contributed by atoms with Gasteiger partial charge in [0.15, 0.2) is 0 Å². The Morgan fingerprint density at radius 1 is 1.32 bits per heavy atom. The number of nitrogens with zero attached hydrogens (tertiary/aromatic N) is 3. The van der Waals surface area contributed by atoms with Gasteiger partial charge in [-0.3, -0.25) is 14.7 Å². The van der Waals surface area contributed by atoms with E-state index < -0.39 is 0 Å². The smallest absolute Gasteiger partial charge is 0.228 e. The summed E-state index contributed by atoms with van der Waals surface area (Å²) in [5.41, 5.74) is 3.63. The Morgan fingerprint density at radius 3 is 2.79 bits per heavy atom. The van der Waals surface area contributed by atoms with Gasteiger partial charge in [-0.1, -0.05) is 23.7 Å². The van der Waals surface area contributed by atoms with Crippen molar-refractivity contribution in [1.29, 1.82) is 0 Å². The van der Waals surface area contributed by atoms with Gasteiger partial charge in [-0.25, -0.2) is 0 Å². The number of H-pyrrole nitrogens is 1. The molecule has 1 N–H and O–H groups in total. The average Bonchev–Trinajstić information content (AvgIpc) is 3.23. The minimum atomic E-state index is -0.269. The molecular formula is C21H25ClN4O2. The molecule has 0 saturated carbocycles. The van der Waals surface area contributed by atoms with Gasteiger partial charge in [0.2, 0.25) is 11.8 Å². The molecule has 0 bridgehead atoms. The lowest BCUT2D eigenvalue weighted by Crippen LogP contribution is -2.44. The third-order valence-electron chi connectivity index (χ3n) is 5.63. The number of carbonyl (C=O) groups excluding carboxylic acids is 2. The number of rotatable bonds is 2. The van der Waals surface area contributed by atoms with E-state index in [1.807, 2.05) is 54.8 Å². The van der Waals surface area contributed by atoms with Gasteiger partial charge in [-0.2, -0.15) is 5.10 Å². The monoisotopic (exact) mass is 400 g/mol. The third-order valence-corrected chi connectivity index (χ3v) is 5.86. The van der Waals surface area contributed by atoms with Gasteiger partial charge >= 0.3 is 0 Å². The fraction of sp³-hybridized carbons (Fsp3) is 0.476. The van der Waals surface area contributed by atoms with Crippen molar-refractivity contribution in [3.8, 4) is 11.3 Å². The zero-order valence-electron chi connectivity index (χ0n) is 16.5. The van der Waals surface area contributed by atoms with Crippen molar-refractivity contribution >= 4 is 23.4 Å². The van der Waals surface area contributed by atoms with Crippen LogP contribution in [-0.4, -0.2) is 50.4 Å². The van der Waals surface area contributed by atoms with Crippen LogP contribution in [0.3, 0.4) is 0 Å². The Bertz CT molecular complexity index is 931. The van der Waals surface area contributed by atoms with Crippen molar-refractivity contribution in [2.45, 2.75) is 45.7 Å². The molecule has 2 aromatic rings. The predicted octanol–water partition coefficient (Wildman–Crippen LogP) is 3.26. The Hall–Kier alpha value is -2.34. The van der Waals surface area contributed by atoms with Crippen molar-refractivity contribution in [1.82, 2.24) is 20.0 Å². The summed E-state index contributed by atoms with van der Waals surface area (Å²) in [7, 11) is 0. The summed E-state index contributed by atoms with van der Waals surface area (Å²) in [6, 6.07) is 7.59. The van der Waals surface area contributed by atoms with Crippen molar-refractivity contribution in [2.24, 2.45) is 5.92 Å². The molecule has 6 nitrogen and oxygen atoms in total. The van der Waals surface area contributed by atoms with E-state index >= 15 is 0 Å². The van der Waals surface area contributed by atoms with E-state index in [1.54, 1.807) is 0 Å². The number of fused-ring (bicyclic) bond motifs is 1. The highest BCUT2D eigenvalue weighted by Crippen LogP contribution is 2.32. The fourth-order valence-corrected chi connectivity index (χ4v) is 4.33. The van der Waals surface area contributed by atoms with E-state index in [0.717, 1.165) is 28.9 Å². The Kier molecular flexibility index (Phi) is 4.70. The molecule has 1 saturated heterocycles. The standard InChI is InChI=1S/C21H25ClN4O2/c1-21(2,3)26-11-14(10-18(26)27)20(28)25-8-7-17-16(12-25)19(24-23-17)13-5-4-6-15(22)9-13/h4-6,9,14H,7-8,10-12H2,1-3H3,(H,23,24). The predicted molar refractivity (Wildman–Crippen MR) is 108 cm³/mol. The molecule has 0 radical (unpaired) electrons. The van der Waals surface area contributed by atoms with Crippen molar-refractivity contribution in [3.63, 3.8) is 0 Å². The van der Waals surface area contributed by atoms with Gasteiger partial charge in [0.05, 0.1) is 11.6 Å². The van der Waals surface area contributed by atoms with Gasteiger partial charge in [-0.05, 0) is 32.9 Å². The number of hydrogen-bond donors (Lipinski definition) is 1. The molecule has 0 spiro atoms. The molecule has 1 unspecified atom stereocenters. The minimum Gasteiger partial charge on any atom is -0.338 e. The number of hydrogen-bond acceptors (Lipinski definition) is 3. The lowest BCUT2D eigenvalue weighted by Gasteiger charge is -2.33. The maximum absolute atomic E-state index is 13.1. The van der Waals surface area contributed by atoms with Gasteiger partial charge in [0, 0.05) is 59.9 Å². The van der Waals surface area contributed by atoms with E-state index in [-0.39, 0.29) is 23.3 Å². The van der Waals surface area contributed by atoms with Crippen molar-refractivity contribution in [2.75, 3.05) is 13.1 Å². The van der Waals surface area contributed by atoms with Gasteiger partial charge in [0.25, 0.3) is 0 Å². The van der Waals surface area contributed by atoms with Crippen LogP contribution in [-0.2, 0) is 22.6 Å². The Labute approximate surface area is 169 Å². The second kappa shape index (κ2) is 6.92. The van der Waals surface area contributed by atoms with E-state index in [4.69, 9.17) is 11.6 Å². The van der Waals surface area contributed by atoms with Crippen LogP contribution in [0.5, 0.6) is 0 Å². The molecule has 3 heterocycles. The molecule has 2 aliphatic rings. The molecule has 148 valence electrons. The molecule has 7 heteroatoms. The van der Waals surface area contributed by atoms with Crippen LogP contribution in [0.2, 0.25) is 5.02 Å². The average molecular weight is 401 g/mol. The van der Waals surface area contributed by atoms with Crippen LogP contribution in [0.1, 0.15) is 38.4 Å². The van der Waals surface area contributed by atoms with Gasteiger partial charge in [-0.15, -0.1) is 0 Å². The summed E-state index contributed by atoms with van der Waals surface area (Å²) in [5.74, 6) is -0.148. The number of carbonyl (C=O) groups is 2. The number of aromatic amines is 1. The van der Waals surface area contributed by atoms with Crippen LogP contribution < -0.4 is 0 Å². The molecule has 1 aromatic carbocycles. The topological polar surface area (TPSA) is 69.3 Å². The molecule has 4 rings (SSSR count). The first-order valence-corrected chi connectivity index (χ1v) is 10.0. The lowest BCUT2D eigenvalue weighted by molar-refractivity contribution is -0.136. The first kappa shape index (κ1) is 19.0. The summed E-state index contributed by atoms with van der Waals surface area (Å²) in [5, 5.41) is 8.24. The first-order chi connectivity index (χ1) is 13.2. The van der Waals surface area contributed by atoms with Crippen LogP contribution in [0, 0.1) is 5.92 Å². The highest BCUT2D eigenvalue weighted by molar-refractivity contribution is 6.30. The molecule has 2 aliphatic heterocycles. The third kappa shape index (κ3) is 3.41. The van der Waals surface area contributed by atoms with E-state index in [0.29, 0.717) is 31.1 Å². The number of amides is 2. The minimum absolute atomic E-state index is 0.0593. The first-order valence-electron chi connectivity index (χ1n) is 9.65. The van der Waals surface area contributed by atoms with E-state index in [1.165, 1.54) is 0 Å². The van der Waals surface area contributed by atoms with Crippen molar-refractivity contribution < 1.29 is 9.59 Å². The van der Waals surface area contributed by atoms with Crippen LogP contribution in [0.4, 0.5) is 0 Å². The fourth-order valence-electron chi connectivity index (χ4n) is 4.14. The maximum atomic E-state index is 13.1. The second-order valence-electron chi connectivity index (χ2n) is 8.63. The van der Waals surface area contributed by atoms with Crippen LogP contribution >= 0.6 is 11.6 Å². The maximum Gasteiger partial charge on any atom is 0.228 e. The summed E-state index contributed by atoms with van der Waals surface area (Å²) in [6.07, 6.45) is 1.03. The Balaban J connectivity index is 1.54. The summed E-state index contributed by atoms with van der Waals surface area (Å²) in [6.45, 7) is 7.67. The number of aromatic nitrogens is 2. The molecule has 2 amide bonds. The highest BCUT2D eigenvalue weighted by Gasteiger charge is 2.41. The van der Waals surface area contributed by atoms with E-state index in [9.17, 15) is 9.59 Å². The summed E-state index contributed by atoms with van der Waals surface area (Å²) < 4.78 is 0. The van der Waals surface area contributed by atoms with E-state index in [2.05, 4.69) is 10.2 Å². The molecule has 1 fully saturated rings. The number of halogens is 1. The summed E-state index contributed by atoms with van der Waals surface area (Å²) >= 11 is 6.14. The molecule has 1 aromatic heterocycles. The molecule has 28 heavy (non-hydrogen) atoms. The normalized spacial score (nSPS) is 19.9. The van der Waals surface area contributed by atoms with Crippen LogP contribution in [0.15, 0.2) is 24.3 Å². The zero-order valence-corrected chi connectivity index (χ0v) is 17.2. The molecule has 0 aliphatic carbocycles. The SMILES string of the molecule is CC(C)(C)N1CC(C(=O)N2CCc3[nH]nc(-c4cccc(Cl)c4)c3C2)CC1=O. The number of likely N-dealkylation sites (tertiary alicyclic amines) is 1.